The lowest BCUT2D eigenvalue weighted by Gasteiger charge is -2.14. The monoisotopic (exact) mass is 268 g/mol. The van der Waals surface area contributed by atoms with Crippen molar-refractivity contribution in [2.75, 3.05) is 19.6 Å². The predicted octanol–water partition coefficient (Wildman–Crippen LogP) is 1.02. The normalized spacial score (nSPS) is 20.0. The van der Waals surface area contributed by atoms with Gasteiger partial charge >= 0.3 is 0 Å². The average molecular weight is 269 g/mol. The second-order valence-electron chi connectivity index (χ2n) is 4.58. The molecule has 0 aromatic heterocycles. The second-order valence-corrected chi connectivity index (χ2v) is 5.02. The molecule has 1 heterocycles. The third kappa shape index (κ3) is 3.98. The van der Waals surface area contributed by atoms with Crippen molar-refractivity contribution in [1.29, 1.82) is 0 Å². The van der Waals surface area contributed by atoms with Crippen molar-refractivity contribution in [2.24, 2.45) is 0 Å². The number of aliphatic hydroxyl groups is 1. The number of hydrogen-bond donors (Lipinski definition) is 2. The van der Waals surface area contributed by atoms with Gasteiger partial charge in [0.05, 0.1) is 12.6 Å². The van der Waals surface area contributed by atoms with Crippen LogP contribution in [0.4, 0.5) is 0 Å². The first-order valence-electron chi connectivity index (χ1n) is 6.05. The fourth-order valence-corrected chi connectivity index (χ4v) is 2.14. The van der Waals surface area contributed by atoms with Crippen LogP contribution in [0.2, 0.25) is 5.02 Å². The first kappa shape index (κ1) is 13.3. The van der Waals surface area contributed by atoms with E-state index in [0.29, 0.717) is 24.7 Å². The lowest BCUT2D eigenvalue weighted by Crippen LogP contribution is -2.36. The Morgan fingerprint density at radius 2 is 2.17 bits per heavy atom. The van der Waals surface area contributed by atoms with Gasteiger partial charge < -0.3 is 10.4 Å². The topological polar surface area (TPSA) is 52.6 Å². The van der Waals surface area contributed by atoms with E-state index in [0.717, 1.165) is 18.5 Å². The van der Waals surface area contributed by atoms with Crippen LogP contribution in [0.3, 0.4) is 0 Å². The third-order valence-electron chi connectivity index (χ3n) is 3.02. The van der Waals surface area contributed by atoms with Gasteiger partial charge in [0, 0.05) is 24.7 Å². The van der Waals surface area contributed by atoms with Crippen molar-refractivity contribution >= 4 is 17.5 Å². The number of β-amino-alcohol motifs (C(OH)–C–C–N with tert-alkyl or cyclic N) is 1. The zero-order chi connectivity index (χ0) is 13.0. The van der Waals surface area contributed by atoms with E-state index in [1.165, 1.54) is 0 Å². The maximum atomic E-state index is 11.7. The summed E-state index contributed by atoms with van der Waals surface area (Å²) < 4.78 is 0. The van der Waals surface area contributed by atoms with E-state index in [-0.39, 0.29) is 12.0 Å². The highest BCUT2D eigenvalue weighted by Gasteiger charge is 2.21. The number of aliphatic hydroxyl groups excluding tert-OH is 1. The lowest BCUT2D eigenvalue weighted by atomic mass is 10.2. The Labute approximate surface area is 112 Å². The lowest BCUT2D eigenvalue weighted by molar-refractivity contribution is -0.122. The highest BCUT2D eigenvalue weighted by Crippen LogP contribution is 2.10. The minimum Gasteiger partial charge on any atom is -0.392 e. The number of rotatable bonds is 4. The predicted molar refractivity (Wildman–Crippen MR) is 70.4 cm³/mol. The van der Waals surface area contributed by atoms with Crippen LogP contribution in [0.1, 0.15) is 12.0 Å². The molecule has 4 nitrogen and oxygen atoms in total. The van der Waals surface area contributed by atoms with E-state index in [9.17, 15) is 9.90 Å². The highest BCUT2D eigenvalue weighted by molar-refractivity contribution is 6.30. The Balaban J connectivity index is 1.73. The Kier molecular flexibility index (Phi) is 4.58. The van der Waals surface area contributed by atoms with Crippen LogP contribution in [-0.2, 0) is 11.3 Å². The number of nitrogens with one attached hydrogen (secondary N) is 1. The van der Waals surface area contributed by atoms with E-state index in [1.54, 1.807) is 12.1 Å². The maximum Gasteiger partial charge on any atom is 0.234 e. The van der Waals surface area contributed by atoms with Crippen LogP contribution in [-0.4, -0.2) is 41.7 Å². The molecule has 2 rings (SSSR count). The number of halogens is 1. The molecule has 0 radical (unpaired) electrons. The fourth-order valence-electron chi connectivity index (χ4n) is 2.02. The quantitative estimate of drug-likeness (QED) is 0.857. The van der Waals surface area contributed by atoms with Crippen molar-refractivity contribution in [1.82, 2.24) is 10.2 Å². The molecular weight excluding hydrogens is 252 g/mol. The van der Waals surface area contributed by atoms with E-state index in [1.807, 2.05) is 17.0 Å². The zero-order valence-corrected chi connectivity index (χ0v) is 10.9. The maximum absolute atomic E-state index is 11.7. The molecular formula is C13H17ClN2O2. The largest absolute Gasteiger partial charge is 0.392 e. The molecule has 98 valence electrons. The van der Waals surface area contributed by atoms with Crippen molar-refractivity contribution < 1.29 is 9.90 Å². The first-order valence-corrected chi connectivity index (χ1v) is 6.43. The molecule has 1 aromatic carbocycles. The van der Waals surface area contributed by atoms with Gasteiger partial charge in [0.15, 0.2) is 0 Å². The number of likely N-dealkylation sites (tertiary alicyclic amines) is 1. The zero-order valence-electron chi connectivity index (χ0n) is 10.1. The van der Waals surface area contributed by atoms with E-state index >= 15 is 0 Å². The first-order chi connectivity index (χ1) is 8.63. The molecule has 1 atom stereocenters. The summed E-state index contributed by atoms with van der Waals surface area (Å²) in [6.07, 6.45) is 0.471. The Morgan fingerprint density at radius 1 is 1.44 bits per heavy atom. The number of amides is 1. The van der Waals surface area contributed by atoms with Gasteiger partial charge in [-0.3, -0.25) is 9.69 Å². The Hall–Kier alpha value is -1.10. The van der Waals surface area contributed by atoms with Gasteiger partial charge in [-0.2, -0.15) is 0 Å². The molecule has 0 aliphatic carbocycles. The summed E-state index contributed by atoms with van der Waals surface area (Å²) in [6, 6.07) is 7.39. The van der Waals surface area contributed by atoms with E-state index < -0.39 is 0 Å². The molecule has 1 aromatic rings. The molecule has 1 fully saturated rings. The minimum atomic E-state index is -0.283. The van der Waals surface area contributed by atoms with Crippen molar-refractivity contribution in [3.05, 3.63) is 34.9 Å². The van der Waals surface area contributed by atoms with Crippen LogP contribution in [0.15, 0.2) is 24.3 Å². The summed E-state index contributed by atoms with van der Waals surface area (Å²) >= 11 is 5.78. The summed E-state index contributed by atoms with van der Waals surface area (Å²) in [6.45, 7) is 2.24. The molecule has 0 bridgehead atoms. The molecule has 0 saturated carbocycles. The van der Waals surface area contributed by atoms with Gasteiger partial charge in [-0.1, -0.05) is 23.7 Å². The van der Waals surface area contributed by atoms with Gasteiger partial charge in [-0.25, -0.2) is 0 Å². The number of benzene rings is 1. The molecule has 1 aliphatic heterocycles. The molecule has 18 heavy (non-hydrogen) atoms. The van der Waals surface area contributed by atoms with Crippen LogP contribution in [0.25, 0.3) is 0 Å². The number of hydrogen-bond acceptors (Lipinski definition) is 3. The minimum absolute atomic E-state index is 0.0148. The van der Waals surface area contributed by atoms with E-state index in [2.05, 4.69) is 5.32 Å². The Bertz CT molecular complexity index is 408. The SMILES string of the molecule is O=C(CN1CC[C@H](O)C1)NCc1ccc(Cl)cc1. The Morgan fingerprint density at radius 3 is 2.78 bits per heavy atom. The summed E-state index contributed by atoms with van der Waals surface area (Å²) in [5.74, 6) is -0.0148. The highest BCUT2D eigenvalue weighted by atomic mass is 35.5. The standard InChI is InChI=1S/C13H17ClN2O2/c14-11-3-1-10(2-4-11)7-15-13(18)9-16-6-5-12(17)8-16/h1-4,12,17H,5-9H2,(H,15,18)/t12-/m0/s1. The molecule has 1 saturated heterocycles. The molecule has 0 unspecified atom stereocenters. The van der Waals surface area contributed by atoms with Gasteiger partial charge in [0.1, 0.15) is 0 Å². The third-order valence-corrected chi connectivity index (χ3v) is 3.27. The van der Waals surface area contributed by atoms with Crippen molar-refractivity contribution in [2.45, 2.75) is 19.1 Å². The van der Waals surface area contributed by atoms with Crippen molar-refractivity contribution in [3.8, 4) is 0 Å². The number of carbonyl (C=O) groups excluding carboxylic acids is 1. The molecule has 2 N–H and O–H groups in total. The fraction of sp³-hybridized carbons (Fsp3) is 0.462. The summed E-state index contributed by atoms with van der Waals surface area (Å²) in [5.41, 5.74) is 1.02. The molecule has 5 heteroatoms. The van der Waals surface area contributed by atoms with Crippen LogP contribution >= 0.6 is 11.6 Å². The number of carbonyl (C=O) groups is 1. The van der Waals surface area contributed by atoms with Crippen LogP contribution < -0.4 is 5.32 Å². The van der Waals surface area contributed by atoms with Gasteiger partial charge in [0.25, 0.3) is 0 Å². The molecule has 0 spiro atoms. The molecule has 1 aliphatic rings. The average Bonchev–Trinajstić information content (AvgIpc) is 2.74. The van der Waals surface area contributed by atoms with Crippen LogP contribution in [0.5, 0.6) is 0 Å². The van der Waals surface area contributed by atoms with Crippen molar-refractivity contribution in [3.63, 3.8) is 0 Å². The van der Waals surface area contributed by atoms with Crippen LogP contribution in [0, 0.1) is 0 Å². The summed E-state index contributed by atoms with van der Waals surface area (Å²) in [5, 5.41) is 12.9. The second kappa shape index (κ2) is 6.18. The smallest absolute Gasteiger partial charge is 0.234 e. The molecule has 1 amide bonds. The van der Waals surface area contributed by atoms with Gasteiger partial charge in [-0.05, 0) is 24.1 Å². The van der Waals surface area contributed by atoms with Gasteiger partial charge in [0.2, 0.25) is 5.91 Å². The summed E-state index contributed by atoms with van der Waals surface area (Å²) in [4.78, 5) is 13.6. The van der Waals surface area contributed by atoms with Gasteiger partial charge in [-0.15, -0.1) is 0 Å². The summed E-state index contributed by atoms with van der Waals surface area (Å²) in [7, 11) is 0. The number of nitrogens with zero attached hydrogens (tertiary/aromatic N) is 1. The van der Waals surface area contributed by atoms with E-state index in [4.69, 9.17) is 11.6 Å².